The van der Waals surface area contributed by atoms with Gasteiger partial charge in [0.25, 0.3) is 0 Å². The maximum Gasteiger partial charge on any atom is 0.0484 e. The molecule has 0 radical (unpaired) electrons. The maximum absolute atomic E-state index is 5.95. The van der Waals surface area contributed by atoms with Gasteiger partial charge in [-0.05, 0) is 24.3 Å². The van der Waals surface area contributed by atoms with Crippen LogP contribution in [0.3, 0.4) is 0 Å². The molecule has 0 spiro atoms. The Morgan fingerprint density at radius 1 is 1.54 bits per heavy atom. The molecule has 1 rings (SSSR count). The summed E-state index contributed by atoms with van der Waals surface area (Å²) in [5.74, 6) is 0. The number of ether oxygens (including phenoxy) is 1. The first kappa shape index (κ1) is 10.7. The number of rotatable bonds is 6. The van der Waals surface area contributed by atoms with Crippen LogP contribution in [0.4, 0.5) is 0 Å². The van der Waals surface area contributed by atoms with Gasteiger partial charge in [-0.3, -0.25) is 0 Å². The summed E-state index contributed by atoms with van der Waals surface area (Å²) in [6.45, 7) is 3.73. The van der Waals surface area contributed by atoms with Crippen molar-refractivity contribution in [1.29, 1.82) is 0 Å². The zero-order chi connectivity index (χ0) is 9.52. The van der Waals surface area contributed by atoms with Gasteiger partial charge >= 0.3 is 0 Å². The monoisotopic (exact) mass is 199 g/mol. The van der Waals surface area contributed by atoms with Gasteiger partial charge in [0.05, 0.1) is 0 Å². The summed E-state index contributed by atoms with van der Waals surface area (Å²) in [5, 5.41) is 2.06. The normalized spacial score (nSPS) is 13.1. The lowest BCUT2D eigenvalue weighted by atomic mass is 10.2. The van der Waals surface area contributed by atoms with Crippen LogP contribution in [0.15, 0.2) is 17.5 Å². The van der Waals surface area contributed by atoms with E-state index < -0.39 is 0 Å². The SMILES string of the molecule is CCCOCCC(N)c1cccs1. The summed E-state index contributed by atoms with van der Waals surface area (Å²) >= 11 is 1.71. The number of nitrogens with two attached hydrogens (primary N) is 1. The molecule has 1 atom stereocenters. The van der Waals surface area contributed by atoms with E-state index in [1.165, 1.54) is 4.88 Å². The van der Waals surface area contributed by atoms with Gasteiger partial charge in [-0.2, -0.15) is 0 Å². The fraction of sp³-hybridized carbons (Fsp3) is 0.600. The molecule has 0 fully saturated rings. The fourth-order valence-corrected chi connectivity index (χ4v) is 1.87. The van der Waals surface area contributed by atoms with E-state index >= 15 is 0 Å². The molecule has 0 saturated carbocycles. The third-order valence-electron chi connectivity index (χ3n) is 1.83. The summed E-state index contributed by atoms with van der Waals surface area (Å²) in [6.07, 6.45) is 1.99. The molecular formula is C10H17NOS. The topological polar surface area (TPSA) is 35.2 Å². The Hall–Kier alpha value is -0.380. The zero-order valence-electron chi connectivity index (χ0n) is 8.03. The Labute approximate surface area is 83.7 Å². The predicted molar refractivity (Wildman–Crippen MR) is 57.0 cm³/mol. The van der Waals surface area contributed by atoms with Gasteiger partial charge in [0.1, 0.15) is 0 Å². The van der Waals surface area contributed by atoms with E-state index in [1.54, 1.807) is 11.3 Å². The van der Waals surface area contributed by atoms with E-state index in [2.05, 4.69) is 18.4 Å². The van der Waals surface area contributed by atoms with Crippen LogP contribution in [0, 0.1) is 0 Å². The highest BCUT2D eigenvalue weighted by Crippen LogP contribution is 2.19. The molecule has 0 aliphatic rings. The lowest BCUT2D eigenvalue weighted by Crippen LogP contribution is -2.11. The Kier molecular flexibility index (Phi) is 5.05. The highest BCUT2D eigenvalue weighted by atomic mass is 32.1. The molecule has 0 bridgehead atoms. The van der Waals surface area contributed by atoms with Crippen molar-refractivity contribution in [2.75, 3.05) is 13.2 Å². The molecule has 0 aromatic carbocycles. The van der Waals surface area contributed by atoms with Crippen molar-refractivity contribution >= 4 is 11.3 Å². The minimum absolute atomic E-state index is 0.150. The molecule has 1 aromatic heterocycles. The van der Waals surface area contributed by atoms with Crippen LogP contribution in [-0.2, 0) is 4.74 Å². The second-order valence-corrected chi connectivity index (χ2v) is 4.00. The molecule has 0 amide bonds. The minimum Gasteiger partial charge on any atom is -0.381 e. The lowest BCUT2D eigenvalue weighted by Gasteiger charge is -2.09. The molecule has 2 N–H and O–H groups in total. The van der Waals surface area contributed by atoms with E-state index in [1.807, 2.05) is 6.07 Å². The third-order valence-corrected chi connectivity index (χ3v) is 2.83. The van der Waals surface area contributed by atoms with Crippen molar-refractivity contribution in [2.45, 2.75) is 25.8 Å². The molecule has 3 heteroatoms. The summed E-state index contributed by atoms with van der Waals surface area (Å²) in [5.41, 5.74) is 5.95. The Morgan fingerprint density at radius 2 is 2.38 bits per heavy atom. The van der Waals surface area contributed by atoms with Gasteiger partial charge in [0.15, 0.2) is 0 Å². The average Bonchev–Trinajstić information content (AvgIpc) is 2.65. The first-order chi connectivity index (χ1) is 6.34. The van der Waals surface area contributed by atoms with Crippen molar-refractivity contribution in [3.63, 3.8) is 0 Å². The first-order valence-electron chi connectivity index (χ1n) is 4.71. The fourth-order valence-electron chi connectivity index (χ4n) is 1.10. The molecule has 1 unspecified atom stereocenters. The molecule has 74 valence electrons. The Morgan fingerprint density at radius 3 is 3.00 bits per heavy atom. The van der Waals surface area contributed by atoms with Crippen molar-refractivity contribution in [3.05, 3.63) is 22.4 Å². The summed E-state index contributed by atoms with van der Waals surface area (Å²) in [7, 11) is 0. The average molecular weight is 199 g/mol. The van der Waals surface area contributed by atoms with Gasteiger partial charge in [-0.15, -0.1) is 11.3 Å². The molecule has 0 aliphatic heterocycles. The van der Waals surface area contributed by atoms with Crippen molar-refractivity contribution in [3.8, 4) is 0 Å². The standard InChI is InChI=1S/C10H17NOS/c1-2-6-12-7-5-9(11)10-4-3-8-13-10/h3-4,8-9H,2,5-7,11H2,1H3. The summed E-state index contributed by atoms with van der Waals surface area (Å²) < 4.78 is 5.38. The molecule has 0 aliphatic carbocycles. The molecule has 1 heterocycles. The van der Waals surface area contributed by atoms with Crippen molar-refractivity contribution in [2.24, 2.45) is 5.73 Å². The quantitative estimate of drug-likeness (QED) is 0.715. The van der Waals surface area contributed by atoms with Gasteiger partial charge in [-0.1, -0.05) is 13.0 Å². The van der Waals surface area contributed by atoms with Gasteiger partial charge in [0.2, 0.25) is 0 Å². The minimum atomic E-state index is 0.150. The second kappa shape index (κ2) is 6.13. The van der Waals surface area contributed by atoms with E-state index in [0.29, 0.717) is 0 Å². The van der Waals surface area contributed by atoms with E-state index in [4.69, 9.17) is 10.5 Å². The van der Waals surface area contributed by atoms with E-state index in [-0.39, 0.29) is 6.04 Å². The molecular weight excluding hydrogens is 182 g/mol. The van der Waals surface area contributed by atoms with Crippen LogP contribution in [0.25, 0.3) is 0 Å². The first-order valence-corrected chi connectivity index (χ1v) is 5.59. The zero-order valence-corrected chi connectivity index (χ0v) is 8.85. The highest BCUT2D eigenvalue weighted by Gasteiger charge is 2.05. The van der Waals surface area contributed by atoms with Crippen molar-refractivity contribution in [1.82, 2.24) is 0 Å². The Balaban J connectivity index is 2.15. The predicted octanol–water partition coefficient (Wildman–Crippen LogP) is 2.56. The van der Waals surface area contributed by atoms with Crippen LogP contribution in [-0.4, -0.2) is 13.2 Å². The van der Waals surface area contributed by atoms with Crippen LogP contribution < -0.4 is 5.73 Å². The van der Waals surface area contributed by atoms with Crippen LogP contribution in [0.2, 0.25) is 0 Å². The second-order valence-electron chi connectivity index (χ2n) is 3.02. The van der Waals surface area contributed by atoms with Crippen LogP contribution in [0.1, 0.15) is 30.7 Å². The van der Waals surface area contributed by atoms with Gasteiger partial charge < -0.3 is 10.5 Å². The summed E-state index contributed by atoms with van der Waals surface area (Å²) in [6, 6.07) is 4.26. The Bertz CT molecular complexity index is 211. The van der Waals surface area contributed by atoms with Gasteiger partial charge in [0, 0.05) is 24.1 Å². The molecule has 0 saturated heterocycles. The van der Waals surface area contributed by atoms with Crippen molar-refractivity contribution < 1.29 is 4.74 Å². The summed E-state index contributed by atoms with van der Waals surface area (Å²) in [4.78, 5) is 1.25. The number of hydrogen-bond acceptors (Lipinski definition) is 3. The largest absolute Gasteiger partial charge is 0.381 e. The molecule has 1 aromatic rings. The van der Waals surface area contributed by atoms with E-state index in [9.17, 15) is 0 Å². The van der Waals surface area contributed by atoms with Crippen LogP contribution in [0.5, 0.6) is 0 Å². The molecule has 13 heavy (non-hydrogen) atoms. The molecule has 2 nitrogen and oxygen atoms in total. The van der Waals surface area contributed by atoms with Crippen LogP contribution >= 0.6 is 11.3 Å². The lowest BCUT2D eigenvalue weighted by molar-refractivity contribution is 0.128. The van der Waals surface area contributed by atoms with Gasteiger partial charge in [-0.25, -0.2) is 0 Å². The number of hydrogen-bond donors (Lipinski definition) is 1. The highest BCUT2D eigenvalue weighted by molar-refractivity contribution is 7.10. The third kappa shape index (κ3) is 3.89. The smallest absolute Gasteiger partial charge is 0.0484 e. The maximum atomic E-state index is 5.95. The number of thiophene rings is 1. The van der Waals surface area contributed by atoms with E-state index in [0.717, 1.165) is 26.1 Å².